The number of benzene rings is 3. The summed E-state index contributed by atoms with van der Waals surface area (Å²) in [7, 11) is -3.41. The van der Waals surface area contributed by atoms with Gasteiger partial charge in [-0.15, -0.1) is 0 Å². The fourth-order valence-corrected chi connectivity index (χ4v) is 3.99. The second kappa shape index (κ2) is 7.82. The molecule has 1 aliphatic rings. The fraction of sp³-hybridized carbons (Fsp3) is 0.143. The maximum absolute atomic E-state index is 12.3. The molecule has 4 rings (SSSR count). The molecule has 0 fully saturated rings. The van der Waals surface area contributed by atoms with Gasteiger partial charge in [0.1, 0.15) is 0 Å². The summed E-state index contributed by atoms with van der Waals surface area (Å²) in [5.74, 6) is 1.47. The Bertz CT molecular complexity index is 1050. The van der Waals surface area contributed by atoms with Crippen molar-refractivity contribution in [3.05, 3.63) is 78.4 Å². The Labute approximate surface area is 164 Å². The molecule has 28 heavy (non-hydrogen) atoms. The van der Waals surface area contributed by atoms with Crippen LogP contribution in [0.4, 0.5) is 17.1 Å². The van der Waals surface area contributed by atoms with Gasteiger partial charge in [0.2, 0.25) is 16.8 Å². The number of nitrogens with one attached hydrogen (secondary N) is 2. The maximum atomic E-state index is 12.3. The average Bonchev–Trinajstić information content (AvgIpc) is 3.17. The molecule has 1 aliphatic heterocycles. The molecule has 0 radical (unpaired) electrons. The van der Waals surface area contributed by atoms with Gasteiger partial charge >= 0.3 is 0 Å². The first kappa shape index (κ1) is 18.2. The molecule has 0 atom stereocenters. The van der Waals surface area contributed by atoms with Gasteiger partial charge in [0.15, 0.2) is 11.5 Å². The van der Waals surface area contributed by atoms with E-state index in [2.05, 4.69) is 10.0 Å². The Morgan fingerprint density at radius 1 is 0.786 bits per heavy atom. The van der Waals surface area contributed by atoms with Gasteiger partial charge in [0, 0.05) is 23.1 Å². The van der Waals surface area contributed by atoms with Gasteiger partial charge in [-0.25, -0.2) is 8.42 Å². The molecule has 6 nitrogen and oxygen atoms in total. The van der Waals surface area contributed by atoms with Crippen molar-refractivity contribution in [2.45, 2.75) is 6.42 Å². The van der Waals surface area contributed by atoms with Crippen molar-refractivity contribution >= 4 is 27.1 Å². The lowest BCUT2D eigenvalue weighted by Gasteiger charge is -2.10. The van der Waals surface area contributed by atoms with E-state index in [-0.39, 0.29) is 12.5 Å². The second-order valence-electron chi connectivity index (χ2n) is 6.43. The summed E-state index contributed by atoms with van der Waals surface area (Å²) in [6.45, 7) is 0.234. The van der Waals surface area contributed by atoms with Crippen LogP contribution in [0.1, 0.15) is 5.56 Å². The van der Waals surface area contributed by atoms with Crippen LogP contribution in [-0.2, 0) is 16.4 Å². The van der Waals surface area contributed by atoms with E-state index in [1.165, 1.54) is 0 Å². The lowest BCUT2D eigenvalue weighted by molar-refractivity contribution is 0.174. The van der Waals surface area contributed by atoms with Crippen molar-refractivity contribution in [2.24, 2.45) is 0 Å². The zero-order chi connectivity index (χ0) is 19.4. The summed E-state index contributed by atoms with van der Waals surface area (Å²) in [5, 5.41) is 3.26. The van der Waals surface area contributed by atoms with Crippen LogP contribution in [0.3, 0.4) is 0 Å². The van der Waals surface area contributed by atoms with E-state index in [0.29, 0.717) is 17.9 Å². The smallest absolute Gasteiger partial charge is 0.233 e. The number of fused-ring (bicyclic) bond motifs is 1. The molecule has 0 saturated carbocycles. The van der Waals surface area contributed by atoms with Gasteiger partial charge in [0.05, 0.1) is 5.75 Å². The number of ether oxygens (including phenoxy) is 2. The first-order valence-corrected chi connectivity index (χ1v) is 10.5. The zero-order valence-corrected chi connectivity index (χ0v) is 15.9. The topological polar surface area (TPSA) is 76.7 Å². The summed E-state index contributed by atoms with van der Waals surface area (Å²) in [6, 6.07) is 22.3. The molecule has 3 aromatic rings. The highest BCUT2D eigenvalue weighted by atomic mass is 32.2. The van der Waals surface area contributed by atoms with Crippen molar-refractivity contribution in [3.63, 3.8) is 0 Å². The van der Waals surface area contributed by atoms with Crippen LogP contribution in [0, 0.1) is 0 Å². The Hall–Kier alpha value is -3.19. The van der Waals surface area contributed by atoms with Crippen molar-refractivity contribution in [2.75, 3.05) is 22.6 Å². The van der Waals surface area contributed by atoms with Gasteiger partial charge < -0.3 is 14.8 Å². The monoisotopic (exact) mass is 396 g/mol. The van der Waals surface area contributed by atoms with E-state index in [0.717, 1.165) is 22.7 Å². The number of rotatable bonds is 7. The molecule has 1 heterocycles. The lowest BCUT2D eigenvalue weighted by atomic mass is 10.2. The lowest BCUT2D eigenvalue weighted by Crippen LogP contribution is -2.18. The summed E-state index contributed by atoms with van der Waals surface area (Å²) in [5.41, 5.74) is 3.23. The molecule has 0 saturated heterocycles. The maximum Gasteiger partial charge on any atom is 0.233 e. The van der Waals surface area contributed by atoms with Crippen molar-refractivity contribution in [1.29, 1.82) is 0 Å². The highest BCUT2D eigenvalue weighted by molar-refractivity contribution is 7.92. The van der Waals surface area contributed by atoms with Crippen molar-refractivity contribution in [1.82, 2.24) is 0 Å². The SMILES string of the molecule is O=S(=O)(CCc1ccccc1)Nc1ccc(Nc2ccc3c(c2)OCO3)cc1. The molecule has 0 spiro atoms. The highest BCUT2D eigenvalue weighted by Crippen LogP contribution is 2.35. The van der Waals surface area contributed by atoms with Crippen LogP contribution in [0.25, 0.3) is 0 Å². The number of hydrogen-bond acceptors (Lipinski definition) is 5. The second-order valence-corrected chi connectivity index (χ2v) is 8.27. The summed E-state index contributed by atoms with van der Waals surface area (Å²) in [4.78, 5) is 0. The van der Waals surface area contributed by atoms with Gasteiger partial charge in [0.25, 0.3) is 0 Å². The Morgan fingerprint density at radius 3 is 2.25 bits per heavy atom. The minimum Gasteiger partial charge on any atom is -0.454 e. The summed E-state index contributed by atoms with van der Waals surface area (Å²) >= 11 is 0. The van der Waals surface area contributed by atoms with Crippen LogP contribution < -0.4 is 19.5 Å². The largest absolute Gasteiger partial charge is 0.454 e. The molecular weight excluding hydrogens is 376 g/mol. The Morgan fingerprint density at radius 2 is 1.46 bits per heavy atom. The van der Waals surface area contributed by atoms with Gasteiger partial charge in [-0.3, -0.25) is 4.72 Å². The minimum absolute atomic E-state index is 0.0359. The molecule has 0 amide bonds. The summed E-state index contributed by atoms with van der Waals surface area (Å²) in [6.07, 6.45) is 0.472. The van der Waals surface area contributed by atoms with Crippen LogP contribution >= 0.6 is 0 Å². The predicted molar refractivity (Wildman–Crippen MR) is 110 cm³/mol. The first-order valence-electron chi connectivity index (χ1n) is 8.89. The minimum atomic E-state index is -3.41. The third kappa shape index (κ3) is 4.55. The van der Waals surface area contributed by atoms with E-state index in [1.807, 2.05) is 60.7 Å². The van der Waals surface area contributed by atoms with Crippen molar-refractivity contribution in [3.8, 4) is 11.5 Å². The van der Waals surface area contributed by atoms with Crippen LogP contribution in [-0.4, -0.2) is 21.0 Å². The third-order valence-corrected chi connectivity index (χ3v) is 5.61. The van der Waals surface area contributed by atoms with E-state index >= 15 is 0 Å². The van der Waals surface area contributed by atoms with E-state index in [1.54, 1.807) is 12.1 Å². The molecule has 0 bridgehead atoms. The first-order chi connectivity index (χ1) is 13.6. The molecule has 2 N–H and O–H groups in total. The van der Waals surface area contributed by atoms with E-state index in [9.17, 15) is 8.42 Å². The number of sulfonamides is 1. The van der Waals surface area contributed by atoms with Crippen LogP contribution in [0.15, 0.2) is 72.8 Å². The van der Waals surface area contributed by atoms with Gasteiger partial charge in [-0.05, 0) is 48.4 Å². The number of aryl methyl sites for hydroxylation is 1. The van der Waals surface area contributed by atoms with E-state index < -0.39 is 10.0 Å². The number of hydrogen-bond donors (Lipinski definition) is 2. The standard InChI is InChI=1S/C21H20N2O4S/c24-28(25,13-12-16-4-2-1-3-5-16)23-18-8-6-17(7-9-18)22-19-10-11-20-21(14-19)27-15-26-20/h1-11,14,22-23H,12-13,15H2. The number of anilines is 3. The van der Waals surface area contributed by atoms with E-state index in [4.69, 9.17) is 9.47 Å². The van der Waals surface area contributed by atoms with Gasteiger partial charge in [-0.1, -0.05) is 30.3 Å². The average molecular weight is 396 g/mol. The van der Waals surface area contributed by atoms with Gasteiger partial charge in [-0.2, -0.15) is 0 Å². The Kier molecular flexibility index (Phi) is 5.08. The fourth-order valence-electron chi connectivity index (χ4n) is 2.89. The summed E-state index contributed by atoms with van der Waals surface area (Å²) < 4.78 is 37.9. The zero-order valence-electron chi connectivity index (χ0n) is 15.1. The molecule has 0 unspecified atom stereocenters. The molecule has 0 aromatic heterocycles. The quantitative estimate of drug-likeness (QED) is 0.628. The van der Waals surface area contributed by atoms with Crippen LogP contribution in [0.2, 0.25) is 0 Å². The molecule has 144 valence electrons. The molecule has 3 aromatic carbocycles. The third-order valence-electron chi connectivity index (χ3n) is 4.32. The molecule has 7 heteroatoms. The predicted octanol–water partition coefficient (Wildman–Crippen LogP) is 4.14. The highest BCUT2D eigenvalue weighted by Gasteiger charge is 2.13. The normalized spacial score (nSPS) is 12.6. The molecular formula is C21H20N2O4S. The Balaban J connectivity index is 1.36. The van der Waals surface area contributed by atoms with Crippen LogP contribution in [0.5, 0.6) is 11.5 Å². The van der Waals surface area contributed by atoms with Crippen molar-refractivity contribution < 1.29 is 17.9 Å². The molecule has 0 aliphatic carbocycles.